The fourth-order valence-corrected chi connectivity index (χ4v) is 1.34. The van der Waals surface area contributed by atoms with Crippen molar-refractivity contribution in [2.45, 2.75) is 6.42 Å². The van der Waals surface area contributed by atoms with E-state index in [0.717, 1.165) is 19.2 Å². The Labute approximate surface area is 103 Å². The molecule has 0 fully saturated rings. The molecule has 1 heterocycles. The Morgan fingerprint density at radius 2 is 2.28 bits per heavy atom. The number of aromatic carboxylic acids is 1. The Bertz CT molecular complexity index is 450. The van der Waals surface area contributed by atoms with Crippen LogP contribution < -0.4 is 10.6 Å². The van der Waals surface area contributed by atoms with E-state index in [9.17, 15) is 14.9 Å². The number of nitrogens with one attached hydrogen (secondary N) is 2. The molecule has 18 heavy (non-hydrogen) atoms. The number of nitro groups is 1. The molecular weight excluding hydrogens is 240 g/mol. The maximum absolute atomic E-state index is 10.9. The monoisotopic (exact) mass is 254 g/mol. The highest BCUT2D eigenvalue weighted by molar-refractivity contribution is 5.93. The van der Waals surface area contributed by atoms with Gasteiger partial charge in [0, 0.05) is 12.6 Å². The van der Waals surface area contributed by atoms with Crippen LogP contribution in [0.15, 0.2) is 12.3 Å². The number of nitrogens with zero attached hydrogens (tertiary/aromatic N) is 2. The fourth-order valence-electron chi connectivity index (χ4n) is 1.34. The minimum absolute atomic E-state index is 0.314. The molecule has 98 valence electrons. The van der Waals surface area contributed by atoms with Gasteiger partial charge >= 0.3 is 11.7 Å². The minimum atomic E-state index is -1.35. The van der Waals surface area contributed by atoms with E-state index < -0.39 is 16.6 Å². The number of hydrogen-bond acceptors (Lipinski definition) is 6. The zero-order valence-corrected chi connectivity index (χ0v) is 9.84. The van der Waals surface area contributed by atoms with E-state index in [1.54, 1.807) is 0 Å². The quantitative estimate of drug-likeness (QED) is 0.372. The third-order valence-corrected chi connectivity index (χ3v) is 2.22. The predicted molar refractivity (Wildman–Crippen MR) is 64.9 cm³/mol. The first-order valence-corrected chi connectivity index (χ1v) is 5.32. The Balaban J connectivity index is 2.80. The zero-order valence-electron chi connectivity index (χ0n) is 9.84. The molecule has 0 saturated heterocycles. The highest BCUT2D eigenvalue weighted by atomic mass is 16.6. The van der Waals surface area contributed by atoms with E-state index in [4.69, 9.17) is 5.11 Å². The molecule has 0 aliphatic rings. The Morgan fingerprint density at radius 1 is 1.56 bits per heavy atom. The summed E-state index contributed by atoms with van der Waals surface area (Å²) in [5.74, 6) is -1.03. The maximum Gasteiger partial charge on any atom is 0.342 e. The molecule has 0 aliphatic carbocycles. The van der Waals surface area contributed by atoms with Crippen molar-refractivity contribution in [3.05, 3.63) is 27.9 Å². The van der Waals surface area contributed by atoms with Gasteiger partial charge < -0.3 is 15.7 Å². The Hall–Kier alpha value is -2.22. The zero-order chi connectivity index (χ0) is 13.5. The van der Waals surface area contributed by atoms with Crippen LogP contribution in [0, 0.1) is 10.1 Å². The lowest BCUT2D eigenvalue weighted by Crippen LogP contribution is -2.14. The van der Waals surface area contributed by atoms with E-state index >= 15 is 0 Å². The van der Waals surface area contributed by atoms with E-state index in [0.29, 0.717) is 12.4 Å². The van der Waals surface area contributed by atoms with Gasteiger partial charge in [-0.3, -0.25) is 10.1 Å². The van der Waals surface area contributed by atoms with Gasteiger partial charge in [0.1, 0.15) is 17.6 Å². The first kappa shape index (κ1) is 13.8. The van der Waals surface area contributed by atoms with Gasteiger partial charge in [-0.1, -0.05) is 0 Å². The van der Waals surface area contributed by atoms with Crippen molar-refractivity contribution in [3.63, 3.8) is 0 Å². The first-order valence-electron chi connectivity index (χ1n) is 5.32. The van der Waals surface area contributed by atoms with Gasteiger partial charge in [-0.15, -0.1) is 0 Å². The standard InChI is InChI=1S/C10H14N4O4/c1-11-3-2-4-12-9-5-7(10(15)16)8(6-13-9)14(17)18/h5-6,11H,2-4H2,1H3,(H,12,13)(H,15,16). The molecule has 0 atom stereocenters. The summed E-state index contributed by atoms with van der Waals surface area (Å²) in [4.78, 5) is 24.5. The van der Waals surface area contributed by atoms with Gasteiger partial charge in [0.15, 0.2) is 0 Å². The molecule has 0 aliphatic heterocycles. The van der Waals surface area contributed by atoms with Crippen LogP contribution >= 0.6 is 0 Å². The number of carboxylic acids is 1. The van der Waals surface area contributed by atoms with Crippen LogP contribution in [0.25, 0.3) is 0 Å². The molecule has 0 amide bonds. The predicted octanol–water partition coefficient (Wildman–Crippen LogP) is 0.709. The van der Waals surface area contributed by atoms with Crippen LogP contribution in [0.5, 0.6) is 0 Å². The second kappa shape index (κ2) is 6.50. The van der Waals surface area contributed by atoms with Crippen molar-refractivity contribution in [3.8, 4) is 0 Å². The number of carboxylic acid groups (broad SMARTS) is 1. The Kier molecular flexibility index (Phi) is 5.00. The average Bonchev–Trinajstić information content (AvgIpc) is 2.34. The largest absolute Gasteiger partial charge is 0.477 e. The van der Waals surface area contributed by atoms with Gasteiger partial charge in [-0.05, 0) is 20.0 Å². The van der Waals surface area contributed by atoms with Crippen LogP contribution in [0.2, 0.25) is 0 Å². The molecular formula is C10H14N4O4. The van der Waals surface area contributed by atoms with E-state index in [-0.39, 0.29) is 5.56 Å². The molecule has 0 spiro atoms. The van der Waals surface area contributed by atoms with Gasteiger partial charge in [0.25, 0.3) is 0 Å². The van der Waals surface area contributed by atoms with Gasteiger partial charge in [0.2, 0.25) is 0 Å². The molecule has 0 unspecified atom stereocenters. The van der Waals surface area contributed by atoms with Crippen LogP contribution in [0.4, 0.5) is 11.5 Å². The molecule has 0 radical (unpaired) electrons. The smallest absolute Gasteiger partial charge is 0.342 e. The molecule has 0 bridgehead atoms. The molecule has 0 saturated carbocycles. The summed E-state index contributed by atoms with van der Waals surface area (Å²) in [5.41, 5.74) is -0.880. The number of hydrogen-bond donors (Lipinski definition) is 3. The molecule has 1 rings (SSSR count). The topological polar surface area (TPSA) is 117 Å². The average molecular weight is 254 g/mol. The van der Waals surface area contributed by atoms with Gasteiger partial charge in [-0.25, -0.2) is 9.78 Å². The lowest BCUT2D eigenvalue weighted by molar-refractivity contribution is -0.385. The molecule has 1 aromatic rings. The summed E-state index contributed by atoms with van der Waals surface area (Å²) in [6.07, 6.45) is 1.78. The third-order valence-electron chi connectivity index (χ3n) is 2.22. The minimum Gasteiger partial charge on any atom is -0.477 e. The number of carbonyl (C=O) groups is 1. The second-order valence-corrected chi connectivity index (χ2v) is 3.53. The number of aromatic nitrogens is 1. The SMILES string of the molecule is CNCCCNc1cc(C(=O)O)c([N+](=O)[O-])cn1. The summed E-state index contributed by atoms with van der Waals surface area (Å²) in [6, 6.07) is 1.17. The highest BCUT2D eigenvalue weighted by Gasteiger charge is 2.20. The molecule has 0 aromatic carbocycles. The Morgan fingerprint density at radius 3 is 2.83 bits per heavy atom. The lowest BCUT2D eigenvalue weighted by atomic mass is 10.2. The third kappa shape index (κ3) is 3.67. The van der Waals surface area contributed by atoms with Gasteiger partial charge in [0.05, 0.1) is 4.92 Å². The number of pyridine rings is 1. The summed E-state index contributed by atoms with van der Waals surface area (Å²) in [5, 5.41) is 25.4. The van der Waals surface area contributed by atoms with Crippen molar-refractivity contribution in [2.75, 3.05) is 25.5 Å². The normalized spacial score (nSPS) is 10.1. The lowest BCUT2D eigenvalue weighted by Gasteiger charge is -2.06. The van der Waals surface area contributed by atoms with E-state index in [2.05, 4.69) is 15.6 Å². The van der Waals surface area contributed by atoms with E-state index in [1.165, 1.54) is 6.07 Å². The fraction of sp³-hybridized carbons (Fsp3) is 0.400. The maximum atomic E-state index is 10.9. The highest BCUT2D eigenvalue weighted by Crippen LogP contribution is 2.20. The van der Waals surface area contributed by atoms with Crippen LogP contribution in [0.3, 0.4) is 0 Å². The van der Waals surface area contributed by atoms with Crippen molar-refractivity contribution in [2.24, 2.45) is 0 Å². The first-order chi connectivity index (χ1) is 8.56. The molecule has 8 heteroatoms. The van der Waals surface area contributed by atoms with Gasteiger partial charge in [-0.2, -0.15) is 0 Å². The number of rotatable bonds is 7. The van der Waals surface area contributed by atoms with Crippen molar-refractivity contribution in [1.29, 1.82) is 0 Å². The molecule has 8 nitrogen and oxygen atoms in total. The second-order valence-electron chi connectivity index (χ2n) is 3.53. The van der Waals surface area contributed by atoms with Crippen molar-refractivity contribution in [1.82, 2.24) is 10.3 Å². The van der Waals surface area contributed by atoms with Crippen LogP contribution in [-0.4, -0.2) is 41.1 Å². The summed E-state index contributed by atoms with van der Waals surface area (Å²) < 4.78 is 0. The number of anilines is 1. The summed E-state index contributed by atoms with van der Waals surface area (Å²) >= 11 is 0. The van der Waals surface area contributed by atoms with Crippen LogP contribution in [0.1, 0.15) is 16.8 Å². The van der Waals surface area contributed by atoms with Crippen molar-refractivity contribution >= 4 is 17.5 Å². The molecule has 3 N–H and O–H groups in total. The molecule has 1 aromatic heterocycles. The summed E-state index contributed by atoms with van der Waals surface area (Å²) in [7, 11) is 1.83. The van der Waals surface area contributed by atoms with E-state index in [1.807, 2.05) is 7.05 Å². The summed E-state index contributed by atoms with van der Waals surface area (Å²) in [6.45, 7) is 1.41. The van der Waals surface area contributed by atoms with Crippen LogP contribution in [-0.2, 0) is 0 Å². The van der Waals surface area contributed by atoms with Crippen molar-refractivity contribution < 1.29 is 14.8 Å².